The molecule has 0 aromatic carbocycles. The highest BCUT2D eigenvalue weighted by Gasteiger charge is 2.27. The molecule has 320 valence electrons. The Hall–Kier alpha value is -2.07. The van der Waals surface area contributed by atoms with Crippen LogP contribution in [0.3, 0.4) is 0 Å². The molecule has 0 heterocycles. The molecule has 0 fully saturated rings. The van der Waals surface area contributed by atoms with Gasteiger partial charge in [-0.2, -0.15) is 0 Å². The van der Waals surface area contributed by atoms with Crippen LogP contribution in [-0.2, 0) is 32.7 Å². The van der Waals surface area contributed by atoms with E-state index in [1.54, 1.807) is 6.08 Å². The molecule has 0 rings (SSSR count). The number of esters is 2. The number of aliphatic hydroxyl groups is 1. The standard InChI is InChI=1S/C44H80NO9P/c1-6-8-10-12-14-15-16-17-18-19-20-21-23-27-31-35-43(47)51-39-42(40-53-55(49,50)52-38-37-45(3,4)5)54-44(48)36-32-28-24-26-30-34-41(46)33-29-25-22-13-11-9-7-2/h9,11,15-16,22,25,29,33,41-42,46H,6-8,10,12-14,17-21,23-24,26-28,30-32,34-40H2,1-5H3/p+1/b11-9+,16-15-,25-22+,33-29+/t41?,42-/m1/s1. The number of ether oxygens (including phenoxy) is 2. The summed E-state index contributed by atoms with van der Waals surface area (Å²) in [6, 6.07) is 0. The van der Waals surface area contributed by atoms with Gasteiger partial charge in [0, 0.05) is 12.8 Å². The number of unbranched alkanes of at least 4 members (excludes halogenated alkanes) is 15. The van der Waals surface area contributed by atoms with Crippen LogP contribution in [0.25, 0.3) is 0 Å². The fraction of sp³-hybridized carbons (Fsp3) is 0.773. The quantitative estimate of drug-likeness (QED) is 0.0157. The van der Waals surface area contributed by atoms with E-state index in [0.29, 0.717) is 23.9 Å². The summed E-state index contributed by atoms with van der Waals surface area (Å²) < 4.78 is 34.2. The van der Waals surface area contributed by atoms with Crippen molar-refractivity contribution in [2.24, 2.45) is 0 Å². The number of nitrogens with zero attached hydrogens (tertiary/aromatic N) is 1. The topological polar surface area (TPSA) is 129 Å². The maximum absolute atomic E-state index is 12.7. The molecule has 3 atom stereocenters. The highest BCUT2D eigenvalue weighted by atomic mass is 31.2. The predicted molar refractivity (Wildman–Crippen MR) is 226 cm³/mol. The number of hydrogen-bond acceptors (Lipinski definition) is 8. The summed E-state index contributed by atoms with van der Waals surface area (Å²) in [5, 5.41) is 10.2. The van der Waals surface area contributed by atoms with Gasteiger partial charge in [-0.05, 0) is 57.8 Å². The van der Waals surface area contributed by atoms with Crippen LogP contribution in [0.1, 0.15) is 162 Å². The highest BCUT2D eigenvalue weighted by Crippen LogP contribution is 2.43. The van der Waals surface area contributed by atoms with Gasteiger partial charge in [0.1, 0.15) is 19.8 Å². The van der Waals surface area contributed by atoms with E-state index in [1.165, 1.54) is 51.4 Å². The van der Waals surface area contributed by atoms with E-state index in [2.05, 4.69) is 44.2 Å². The molecule has 2 N–H and O–H groups in total. The molecule has 0 aliphatic carbocycles. The smallest absolute Gasteiger partial charge is 0.462 e. The number of quaternary nitrogens is 1. The number of carbonyl (C=O) groups is 2. The minimum Gasteiger partial charge on any atom is -0.462 e. The molecule has 10 nitrogen and oxygen atoms in total. The first-order valence-corrected chi connectivity index (χ1v) is 23.0. The number of hydrogen-bond donors (Lipinski definition) is 2. The minimum atomic E-state index is -4.40. The summed E-state index contributed by atoms with van der Waals surface area (Å²) in [6.07, 6.45) is 37.5. The van der Waals surface area contributed by atoms with Gasteiger partial charge in [0.25, 0.3) is 0 Å². The molecule has 0 aliphatic heterocycles. The first kappa shape index (κ1) is 52.9. The SMILES string of the molecule is CC/C=C/C/C=C/C=C/C(O)CCCCCCCC(=O)O[C@H](COC(=O)CCCCCCCCC/C=C\CCCCCC)COP(=O)(O)OCC[N+](C)(C)C. The number of rotatable bonds is 38. The van der Waals surface area contributed by atoms with Crippen LogP contribution in [-0.4, -0.2) is 86.1 Å². The predicted octanol–water partition coefficient (Wildman–Crippen LogP) is 10.9. The zero-order valence-electron chi connectivity index (χ0n) is 35.5. The molecule has 0 aromatic rings. The van der Waals surface area contributed by atoms with Crippen LogP contribution in [0.5, 0.6) is 0 Å². The third kappa shape index (κ3) is 39.9. The molecule has 0 aromatic heterocycles. The van der Waals surface area contributed by atoms with Crippen molar-refractivity contribution in [3.8, 4) is 0 Å². The average molecular weight is 799 g/mol. The maximum Gasteiger partial charge on any atom is 0.472 e. The van der Waals surface area contributed by atoms with Crippen molar-refractivity contribution in [3.63, 3.8) is 0 Å². The van der Waals surface area contributed by atoms with Gasteiger partial charge in [-0.3, -0.25) is 18.6 Å². The molecule has 0 saturated heterocycles. The highest BCUT2D eigenvalue weighted by molar-refractivity contribution is 7.47. The van der Waals surface area contributed by atoms with Crippen molar-refractivity contribution in [1.29, 1.82) is 0 Å². The second-order valence-electron chi connectivity index (χ2n) is 15.5. The maximum atomic E-state index is 12.7. The van der Waals surface area contributed by atoms with Gasteiger partial charge in [0.2, 0.25) is 0 Å². The number of phosphoric acid groups is 1. The lowest BCUT2D eigenvalue weighted by atomic mass is 10.1. The second-order valence-corrected chi connectivity index (χ2v) is 17.0. The molecular formula is C44H81NO9P+. The Kier molecular flexibility index (Phi) is 34.9. The molecule has 0 saturated carbocycles. The van der Waals surface area contributed by atoms with Gasteiger partial charge in [0.05, 0.1) is 33.9 Å². The van der Waals surface area contributed by atoms with E-state index in [0.717, 1.165) is 70.6 Å². The van der Waals surface area contributed by atoms with Crippen molar-refractivity contribution < 1.29 is 47.2 Å². The Bertz CT molecular complexity index is 1100. The van der Waals surface area contributed by atoms with Gasteiger partial charge in [-0.15, -0.1) is 0 Å². The van der Waals surface area contributed by atoms with Crippen molar-refractivity contribution in [2.75, 3.05) is 47.5 Å². The normalized spacial score (nSPS) is 14.7. The van der Waals surface area contributed by atoms with Crippen molar-refractivity contribution in [2.45, 2.75) is 174 Å². The van der Waals surface area contributed by atoms with Crippen molar-refractivity contribution >= 4 is 19.8 Å². The lowest BCUT2D eigenvalue weighted by molar-refractivity contribution is -0.870. The van der Waals surface area contributed by atoms with Crippen molar-refractivity contribution in [1.82, 2.24) is 0 Å². The van der Waals surface area contributed by atoms with E-state index in [4.69, 9.17) is 18.5 Å². The number of likely N-dealkylation sites (N-methyl/N-ethyl adjacent to an activating group) is 1. The first-order chi connectivity index (χ1) is 26.4. The molecule has 2 unspecified atom stereocenters. The first-order valence-electron chi connectivity index (χ1n) is 21.5. The second kappa shape index (κ2) is 36.3. The van der Waals surface area contributed by atoms with Crippen LogP contribution >= 0.6 is 7.82 Å². The fourth-order valence-electron chi connectivity index (χ4n) is 5.54. The molecule has 0 spiro atoms. The lowest BCUT2D eigenvalue weighted by Crippen LogP contribution is -2.37. The minimum absolute atomic E-state index is 0.0114. The lowest BCUT2D eigenvalue weighted by Gasteiger charge is -2.24. The Labute approximate surface area is 336 Å². The number of aliphatic hydroxyl groups excluding tert-OH is 1. The molecule has 0 aliphatic rings. The number of carbonyl (C=O) groups excluding carboxylic acids is 2. The Morgan fingerprint density at radius 3 is 1.87 bits per heavy atom. The average Bonchev–Trinajstić information content (AvgIpc) is 3.12. The van der Waals surface area contributed by atoms with E-state index in [1.807, 2.05) is 33.3 Å². The van der Waals surface area contributed by atoms with Crippen LogP contribution < -0.4 is 0 Å². The number of phosphoric ester groups is 1. The monoisotopic (exact) mass is 799 g/mol. The van der Waals surface area contributed by atoms with Gasteiger partial charge >= 0.3 is 19.8 Å². The van der Waals surface area contributed by atoms with Gasteiger partial charge in [-0.25, -0.2) is 4.57 Å². The van der Waals surface area contributed by atoms with Gasteiger partial charge < -0.3 is 24.0 Å². The van der Waals surface area contributed by atoms with Crippen LogP contribution in [0.4, 0.5) is 0 Å². The molecule has 0 bridgehead atoms. The summed E-state index contributed by atoms with van der Waals surface area (Å²) in [4.78, 5) is 35.3. The summed E-state index contributed by atoms with van der Waals surface area (Å²) in [5.41, 5.74) is 0. The van der Waals surface area contributed by atoms with Gasteiger partial charge in [0.15, 0.2) is 6.10 Å². The van der Waals surface area contributed by atoms with E-state index in [-0.39, 0.29) is 26.1 Å². The summed E-state index contributed by atoms with van der Waals surface area (Å²) in [6.45, 7) is 4.15. The molecular weight excluding hydrogens is 717 g/mol. The Morgan fingerprint density at radius 1 is 0.673 bits per heavy atom. The van der Waals surface area contributed by atoms with E-state index >= 15 is 0 Å². The van der Waals surface area contributed by atoms with Crippen LogP contribution in [0.15, 0.2) is 48.6 Å². The fourth-order valence-corrected chi connectivity index (χ4v) is 6.29. The molecule has 0 radical (unpaired) electrons. The summed E-state index contributed by atoms with van der Waals surface area (Å²) >= 11 is 0. The molecule has 0 amide bonds. The van der Waals surface area contributed by atoms with E-state index in [9.17, 15) is 24.2 Å². The summed E-state index contributed by atoms with van der Waals surface area (Å²) in [5.74, 6) is -0.883. The number of allylic oxidation sites excluding steroid dienone is 7. The summed E-state index contributed by atoms with van der Waals surface area (Å²) in [7, 11) is 1.41. The third-order valence-electron chi connectivity index (χ3n) is 8.95. The largest absolute Gasteiger partial charge is 0.472 e. The Balaban J connectivity index is 4.47. The Morgan fingerprint density at radius 2 is 1.25 bits per heavy atom. The van der Waals surface area contributed by atoms with Crippen LogP contribution in [0.2, 0.25) is 0 Å². The molecule has 55 heavy (non-hydrogen) atoms. The van der Waals surface area contributed by atoms with Crippen molar-refractivity contribution in [3.05, 3.63) is 48.6 Å². The zero-order chi connectivity index (χ0) is 40.9. The van der Waals surface area contributed by atoms with Gasteiger partial charge in [-0.1, -0.05) is 140 Å². The van der Waals surface area contributed by atoms with E-state index < -0.39 is 38.6 Å². The zero-order valence-corrected chi connectivity index (χ0v) is 36.4. The molecule has 11 heteroatoms. The third-order valence-corrected chi connectivity index (χ3v) is 9.93. The van der Waals surface area contributed by atoms with Crippen LogP contribution in [0, 0.1) is 0 Å².